The fourth-order valence-corrected chi connectivity index (χ4v) is 3.93. The van der Waals surface area contributed by atoms with Gasteiger partial charge in [-0.3, -0.25) is 0 Å². The number of rotatable bonds is 10. The number of hydrogen-bond donors (Lipinski definition) is 1. The molecule has 0 saturated carbocycles. The summed E-state index contributed by atoms with van der Waals surface area (Å²) in [6.07, 6.45) is 5.28. The average molecular weight is 460 g/mol. The number of nitrogens with zero attached hydrogens (tertiary/aromatic N) is 6. The van der Waals surface area contributed by atoms with Crippen LogP contribution >= 0.6 is 0 Å². The summed E-state index contributed by atoms with van der Waals surface area (Å²) in [6.45, 7) is 4.61. The zero-order valence-electron chi connectivity index (χ0n) is 19.9. The number of methoxy groups -OCH3 is 2. The van der Waals surface area contributed by atoms with Gasteiger partial charge in [-0.2, -0.15) is 0 Å². The molecule has 34 heavy (non-hydrogen) atoms. The third-order valence-corrected chi connectivity index (χ3v) is 5.88. The second-order valence-corrected chi connectivity index (χ2v) is 7.79. The molecule has 9 nitrogen and oxygen atoms in total. The maximum Gasteiger partial charge on any atom is 0.231 e. The van der Waals surface area contributed by atoms with Gasteiger partial charge >= 0.3 is 0 Å². The molecule has 0 unspecified atom stereocenters. The molecular formula is C25H29N7O2. The van der Waals surface area contributed by atoms with Crippen molar-refractivity contribution in [1.29, 1.82) is 0 Å². The maximum absolute atomic E-state index is 5.66. The van der Waals surface area contributed by atoms with E-state index in [2.05, 4.69) is 51.0 Å². The topological polar surface area (TPSA) is 104 Å². The van der Waals surface area contributed by atoms with Gasteiger partial charge in [0.05, 0.1) is 6.54 Å². The molecule has 0 saturated heterocycles. The third-order valence-electron chi connectivity index (χ3n) is 5.88. The van der Waals surface area contributed by atoms with E-state index in [4.69, 9.17) is 19.6 Å². The maximum atomic E-state index is 5.66. The number of aromatic amines is 1. The van der Waals surface area contributed by atoms with Crippen LogP contribution in [-0.2, 0) is 28.2 Å². The van der Waals surface area contributed by atoms with Crippen LogP contribution in [0.1, 0.15) is 37.5 Å². The minimum Gasteiger partial charge on any atom is -0.347 e. The summed E-state index contributed by atoms with van der Waals surface area (Å²) in [5.74, 6) is 1.06. The van der Waals surface area contributed by atoms with Gasteiger partial charge in [0.2, 0.25) is 11.6 Å². The molecule has 0 aliphatic carbocycles. The van der Waals surface area contributed by atoms with Crippen LogP contribution < -0.4 is 0 Å². The summed E-state index contributed by atoms with van der Waals surface area (Å²) >= 11 is 0. The number of allylic oxidation sites excluding steroid dienone is 2. The van der Waals surface area contributed by atoms with Gasteiger partial charge in [-0.1, -0.05) is 67.6 Å². The van der Waals surface area contributed by atoms with Crippen molar-refractivity contribution in [3.8, 4) is 22.5 Å². The monoisotopic (exact) mass is 459 g/mol. The fraction of sp³-hybridized carbons (Fsp3) is 0.320. The molecular weight excluding hydrogens is 430 g/mol. The van der Waals surface area contributed by atoms with Gasteiger partial charge in [0.15, 0.2) is 5.82 Å². The summed E-state index contributed by atoms with van der Waals surface area (Å²) in [4.78, 5) is 4.81. The Morgan fingerprint density at radius 3 is 2.38 bits per heavy atom. The van der Waals surface area contributed by atoms with Gasteiger partial charge in [0.25, 0.3) is 0 Å². The van der Waals surface area contributed by atoms with Crippen LogP contribution in [0.5, 0.6) is 0 Å². The van der Waals surface area contributed by atoms with Gasteiger partial charge < -0.3 is 9.47 Å². The molecule has 0 bridgehead atoms. The summed E-state index contributed by atoms with van der Waals surface area (Å²) < 4.78 is 13.2. The van der Waals surface area contributed by atoms with E-state index < -0.39 is 5.79 Å². The second kappa shape index (κ2) is 10.5. The summed E-state index contributed by atoms with van der Waals surface area (Å²) in [7, 11) is 3.23. The van der Waals surface area contributed by atoms with E-state index in [1.807, 2.05) is 48.9 Å². The first-order valence-electron chi connectivity index (χ1n) is 11.2. The molecule has 0 spiro atoms. The highest BCUT2D eigenvalue weighted by Crippen LogP contribution is 2.30. The largest absolute Gasteiger partial charge is 0.347 e. The molecule has 4 aromatic rings. The quantitative estimate of drug-likeness (QED) is 0.281. The third kappa shape index (κ3) is 4.66. The van der Waals surface area contributed by atoms with Crippen molar-refractivity contribution in [2.75, 3.05) is 14.2 Å². The lowest BCUT2D eigenvalue weighted by molar-refractivity contribution is -0.222. The van der Waals surface area contributed by atoms with E-state index in [1.54, 1.807) is 14.2 Å². The highest BCUT2D eigenvalue weighted by atomic mass is 16.7. The van der Waals surface area contributed by atoms with Gasteiger partial charge in [-0.25, -0.2) is 14.8 Å². The number of benzene rings is 2. The first-order valence-corrected chi connectivity index (χ1v) is 11.2. The molecule has 2 aromatic carbocycles. The van der Waals surface area contributed by atoms with Crippen molar-refractivity contribution < 1.29 is 9.47 Å². The predicted molar refractivity (Wildman–Crippen MR) is 129 cm³/mol. The Morgan fingerprint density at radius 1 is 1.03 bits per heavy atom. The highest BCUT2D eigenvalue weighted by Gasteiger charge is 2.35. The van der Waals surface area contributed by atoms with E-state index in [0.717, 1.165) is 28.1 Å². The summed E-state index contributed by atoms with van der Waals surface area (Å²) in [6, 6.07) is 16.5. The van der Waals surface area contributed by atoms with Crippen LogP contribution in [0.3, 0.4) is 0 Å². The van der Waals surface area contributed by atoms with Crippen LogP contribution in [0, 0.1) is 0 Å². The molecule has 0 atom stereocenters. The molecule has 0 radical (unpaired) electrons. The lowest BCUT2D eigenvalue weighted by Crippen LogP contribution is -2.31. The van der Waals surface area contributed by atoms with Crippen molar-refractivity contribution in [2.45, 2.75) is 39.0 Å². The van der Waals surface area contributed by atoms with Crippen LogP contribution in [0.4, 0.5) is 0 Å². The Hall–Kier alpha value is -3.69. The van der Waals surface area contributed by atoms with Gasteiger partial charge in [-0.15, -0.1) is 10.2 Å². The number of tetrazole rings is 1. The molecule has 0 aliphatic heterocycles. The van der Waals surface area contributed by atoms with E-state index in [-0.39, 0.29) is 0 Å². The molecule has 0 aliphatic rings. The lowest BCUT2D eigenvalue weighted by atomic mass is 9.98. The Balaban J connectivity index is 1.63. The van der Waals surface area contributed by atoms with Crippen LogP contribution in [0.2, 0.25) is 0 Å². The number of nitrogens with one attached hydrogen (secondary N) is 1. The highest BCUT2D eigenvalue weighted by molar-refractivity contribution is 5.80. The predicted octanol–water partition coefficient (Wildman–Crippen LogP) is 4.15. The first kappa shape index (κ1) is 23.5. The molecule has 176 valence electrons. The van der Waals surface area contributed by atoms with Gasteiger partial charge in [-0.05, 0) is 34.0 Å². The molecule has 2 heterocycles. The molecule has 0 fully saturated rings. The van der Waals surface area contributed by atoms with Crippen LogP contribution in [0.15, 0.2) is 60.7 Å². The Morgan fingerprint density at radius 2 is 1.76 bits per heavy atom. The van der Waals surface area contributed by atoms with Crippen molar-refractivity contribution >= 4 is 0 Å². The van der Waals surface area contributed by atoms with Crippen molar-refractivity contribution in [3.63, 3.8) is 0 Å². The molecule has 9 heteroatoms. The van der Waals surface area contributed by atoms with E-state index in [0.29, 0.717) is 31.0 Å². The number of aromatic nitrogens is 7. The van der Waals surface area contributed by atoms with Crippen molar-refractivity contribution in [3.05, 3.63) is 77.9 Å². The van der Waals surface area contributed by atoms with E-state index >= 15 is 0 Å². The lowest BCUT2D eigenvalue weighted by Gasteiger charge is -2.26. The van der Waals surface area contributed by atoms with Crippen LogP contribution in [0.25, 0.3) is 22.5 Å². The van der Waals surface area contributed by atoms with Gasteiger partial charge in [0, 0.05) is 32.6 Å². The SMILES string of the molecule is C/C=C/Cn1nc(C(CC)(OC)OC)nc1Cc1ccc(-c2ccccc2-c2nnn[nH]2)cc1. The van der Waals surface area contributed by atoms with Gasteiger partial charge in [0.1, 0.15) is 5.82 Å². The van der Waals surface area contributed by atoms with Crippen molar-refractivity contribution in [2.24, 2.45) is 0 Å². The normalized spacial score (nSPS) is 12.0. The summed E-state index contributed by atoms with van der Waals surface area (Å²) in [5.41, 5.74) is 4.21. The van der Waals surface area contributed by atoms with E-state index in [1.165, 1.54) is 0 Å². The average Bonchev–Trinajstić information content (AvgIpc) is 3.56. The Labute approximate surface area is 198 Å². The minimum atomic E-state index is -0.959. The first-order chi connectivity index (χ1) is 16.6. The second-order valence-electron chi connectivity index (χ2n) is 7.79. The Kier molecular flexibility index (Phi) is 7.24. The molecule has 0 amide bonds. The number of ether oxygens (including phenoxy) is 2. The minimum absolute atomic E-state index is 0.533. The van der Waals surface area contributed by atoms with Crippen molar-refractivity contribution in [1.82, 2.24) is 35.4 Å². The Bertz CT molecular complexity index is 1220. The summed E-state index contributed by atoms with van der Waals surface area (Å²) in [5, 5.41) is 19.0. The molecule has 1 N–H and O–H groups in total. The standard InChI is InChI=1S/C25H29N7O2/c1-5-7-16-32-22(26-24(29-32)25(6-2,33-3)34-4)17-18-12-14-19(15-13-18)20-10-8-9-11-21(20)23-27-30-31-28-23/h5,7-15H,6,16-17H2,1-4H3,(H,27,28,30,31)/b7-5+. The fourth-order valence-electron chi connectivity index (χ4n) is 3.93. The van der Waals surface area contributed by atoms with Crippen LogP contribution in [-0.4, -0.2) is 49.6 Å². The molecule has 2 aromatic heterocycles. The molecule has 4 rings (SSSR count). The smallest absolute Gasteiger partial charge is 0.231 e. The zero-order valence-corrected chi connectivity index (χ0v) is 19.9. The number of hydrogen-bond acceptors (Lipinski definition) is 7. The number of H-pyrrole nitrogens is 1. The van der Waals surface area contributed by atoms with E-state index in [9.17, 15) is 0 Å². The zero-order chi connectivity index (χ0) is 24.0.